The first-order valence-electron chi connectivity index (χ1n) is 5.36. The topological polar surface area (TPSA) is 55.5 Å². The third-order valence-electron chi connectivity index (χ3n) is 2.29. The molecule has 0 aromatic heterocycles. The summed E-state index contributed by atoms with van der Waals surface area (Å²) in [6, 6.07) is 7.89. The zero-order valence-electron chi connectivity index (χ0n) is 9.56. The Hall–Kier alpha value is -0.710. The maximum absolute atomic E-state index is 8.65. The van der Waals surface area contributed by atoms with E-state index in [2.05, 4.69) is 0 Å². The Bertz CT molecular complexity index is 290. The van der Waals surface area contributed by atoms with Crippen LogP contribution in [0.3, 0.4) is 0 Å². The SMILES string of the molecule is COc1ccc(C(N)CSCCCO)cc1. The van der Waals surface area contributed by atoms with Crippen molar-refractivity contribution in [3.63, 3.8) is 0 Å². The predicted octanol–water partition coefficient (Wildman–Crippen LogP) is 1.81. The van der Waals surface area contributed by atoms with Gasteiger partial charge in [0, 0.05) is 18.4 Å². The fourth-order valence-electron chi connectivity index (χ4n) is 1.32. The fraction of sp³-hybridized carbons (Fsp3) is 0.500. The molecule has 90 valence electrons. The summed E-state index contributed by atoms with van der Waals surface area (Å²) in [5, 5.41) is 8.65. The summed E-state index contributed by atoms with van der Waals surface area (Å²) in [4.78, 5) is 0. The van der Waals surface area contributed by atoms with Gasteiger partial charge in [-0.15, -0.1) is 0 Å². The van der Waals surface area contributed by atoms with E-state index in [9.17, 15) is 0 Å². The molecule has 0 fully saturated rings. The maximum Gasteiger partial charge on any atom is 0.118 e. The van der Waals surface area contributed by atoms with E-state index in [1.54, 1.807) is 18.9 Å². The fourth-order valence-corrected chi connectivity index (χ4v) is 2.27. The standard InChI is InChI=1S/C12H19NO2S/c1-15-11-5-3-10(4-6-11)12(13)9-16-8-2-7-14/h3-6,12,14H,2,7-9,13H2,1H3. The molecule has 1 atom stereocenters. The van der Waals surface area contributed by atoms with Crippen LogP contribution in [-0.4, -0.2) is 30.3 Å². The van der Waals surface area contributed by atoms with Crippen molar-refractivity contribution in [3.05, 3.63) is 29.8 Å². The number of methoxy groups -OCH3 is 1. The summed E-state index contributed by atoms with van der Waals surface area (Å²) < 4.78 is 5.09. The Kier molecular flexibility index (Phi) is 6.30. The molecule has 0 spiro atoms. The van der Waals surface area contributed by atoms with Crippen LogP contribution in [0.2, 0.25) is 0 Å². The molecule has 0 saturated heterocycles. The zero-order valence-corrected chi connectivity index (χ0v) is 10.4. The number of hydrogen-bond donors (Lipinski definition) is 2. The van der Waals surface area contributed by atoms with Crippen molar-refractivity contribution < 1.29 is 9.84 Å². The van der Waals surface area contributed by atoms with Crippen LogP contribution in [0.4, 0.5) is 0 Å². The van der Waals surface area contributed by atoms with Gasteiger partial charge in [-0.05, 0) is 29.9 Å². The smallest absolute Gasteiger partial charge is 0.118 e. The summed E-state index contributed by atoms with van der Waals surface area (Å²) >= 11 is 1.77. The van der Waals surface area contributed by atoms with E-state index in [1.807, 2.05) is 24.3 Å². The van der Waals surface area contributed by atoms with Crippen molar-refractivity contribution in [3.8, 4) is 5.75 Å². The average Bonchev–Trinajstić information content (AvgIpc) is 2.34. The minimum atomic E-state index is 0.0506. The molecule has 0 heterocycles. The number of hydrogen-bond acceptors (Lipinski definition) is 4. The van der Waals surface area contributed by atoms with Crippen molar-refractivity contribution in [2.75, 3.05) is 25.2 Å². The number of benzene rings is 1. The summed E-state index contributed by atoms with van der Waals surface area (Å²) in [5.41, 5.74) is 7.17. The predicted molar refractivity (Wildman–Crippen MR) is 69.0 cm³/mol. The lowest BCUT2D eigenvalue weighted by molar-refractivity contribution is 0.296. The molecule has 0 aliphatic carbocycles. The minimum Gasteiger partial charge on any atom is -0.497 e. The molecule has 0 aliphatic rings. The van der Waals surface area contributed by atoms with Crippen LogP contribution >= 0.6 is 11.8 Å². The van der Waals surface area contributed by atoms with Crippen molar-refractivity contribution >= 4 is 11.8 Å². The van der Waals surface area contributed by atoms with Crippen molar-refractivity contribution in [1.82, 2.24) is 0 Å². The van der Waals surface area contributed by atoms with E-state index < -0.39 is 0 Å². The van der Waals surface area contributed by atoms with Crippen LogP contribution in [0.15, 0.2) is 24.3 Å². The van der Waals surface area contributed by atoms with Crippen molar-refractivity contribution in [1.29, 1.82) is 0 Å². The van der Waals surface area contributed by atoms with E-state index in [0.29, 0.717) is 0 Å². The van der Waals surface area contributed by atoms with Crippen molar-refractivity contribution in [2.24, 2.45) is 5.73 Å². The van der Waals surface area contributed by atoms with Crippen LogP contribution in [0.1, 0.15) is 18.0 Å². The summed E-state index contributed by atoms with van der Waals surface area (Å²) in [7, 11) is 1.65. The molecule has 0 radical (unpaired) electrons. The van der Waals surface area contributed by atoms with E-state index in [0.717, 1.165) is 29.2 Å². The number of ether oxygens (including phenoxy) is 1. The normalized spacial score (nSPS) is 12.4. The van der Waals surface area contributed by atoms with Gasteiger partial charge in [0.05, 0.1) is 7.11 Å². The highest BCUT2D eigenvalue weighted by Crippen LogP contribution is 2.19. The third kappa shape index (κ3) is 4.43. The molecular weight excluding hydrogens is 222 g/mol. The van der Waals surface area contributed by atoms with Gasteiger partial charge >= 0.3 is 0 Å². The van der Waals surface area contributed by atoms with Gasteiger partial charge < -0.3 is 15.6 Å². The van der Waals surface area contributed by atoms with E-state index in [4.69, 9.17) is 15.6 Å². The summed E-state index contributed by atoms with van der Waals surface area (Å²) in [6.45, 7) is 0.255. The highest BCUT2D eigenvalue weighted by Gasteiger charge is 2.05. The minimum absolute atomic E-state index is 0.0506. The molecule has 4 heteroatoms. The molecule has 0 aliphatic heterocycles. The number of rotatable bonds is 7. The maximum atomic E-state index is 8.65. The zero-order chi connectivity index (χ0) is 11.8. The second kappa shape index (κ2) is 7.54. The average molecular weight is 241 g/mol. The first-order chi connectivity index (χ1) is 7.77. The number of aliphatic hydroxyl groups excluding tert-OH is 1. The van der Waals surface area contributed by atoms with Gasteiger partial charge in [-0.2, -0.15) is 11.8 Å². The molecular formula is C12H19NO2S. The van der Waals surface area contributed by atoms with Crippen LogP contribution in [-0.2, 0) is 0 Å². The molecule has 0 bridgehead atoms. The lowest BCUT2D eigenvalue weighted by atomic mass is 10.1. The largest absolute Gasteiger partial charge is 0.497 e. The van der Waals surface area contributed by atoms with Gasteiger partial charge in [0.1, 0.15) is 5.75 Å². The van der Waals surface area contributed by atoms with E-state index >= 15 is 0 Å². The second-order valence-corrected chi connectivity index (χ2v) is 4.68. The second-order valence-electron chi connectivity index (χ2n) is 3.53. The van der Waals surface area contributed by atoms with Crippen LogP contribution in [0, 0.1) is 0 Å². The molecule has 0 amide bonds. The lowest BCUT2D eigenvalue weighted by Gasteiger charge is -2.12. The van der Waals surface area contributed by atoms with Gasteiger partial charge in [0.25, 0.3) is 0 Å². The molecule has 1 aromatic carbocycles. The number of thioether (sulfide) groups is 1. The summed E-state index contributed by atoms with van der Waals surface area (Å²) in [5.74, 6) is 2.69. The molecule has 1 unspecified atom stereocenters. The van der Waals surface area contributed by atoms with Gasteiger partial charge in [-0.3, -0.25) is 0 Å². The van der Waals surface area contributed by atoms with Gasteiger partial charge in [-0.1, -0.05) is 12.1 Å². The number of aliphatic hydroxyl groups is 1. The Balaban J connectivity index is 2.37. The quantitative estimate of drug-likeness (QED) is 0.715. The van der Waals surface area contributed by atoms with E-state index in [-0.39, 0.29) is 12.6 Å². The molecule has 1 rings (SSSR count). The molecule has 1 aromatic rings. The molecule has 0 saturated carbocycles. The first-order valence-corrected chi connectivity index (χ1v) is 6.51. The summed E-state index contributed by atoms with van der Waals surface area (Å²) in [6.07, 6.45) is 0.833. The van der Waals surface area contributed by atoms with Crippen LogP contribution in [0.25, 0.3) is 0 Å². The molecule has 16 heavy (non-hydrogen) atoms. The van der Waals surface area contributed by atoms with Gasteiger partial charge in [0.15, 0.2) is 0 Å². The first kappa shape index (κ1) is 13.4. The lowest BCUT2D eigenvalue weighted by Crippen LogP contribution is -2.13. The van der Waals surface area contributed by atoms with E-state index in [1.165, 1.54) is 0 Å². The third-order valence-corrected chi connectivity index (χ3v) is 3.46. The molecule has 3 N–H and O–H groups in total. The highest BCUT2D eigenvalue weighted by atomic mass is 32.2. The Labute approximate surface area is 101 Å². The van der Waals surface area contributed by atoms with Gasteiger partial charge in [-0.25, -0.2) is 0 Å². The monoisotopic (exact) mass is 241 g/mol. The Morgan fingerprint density at radius 2 is 2.06 bits per heavy atom. The Morgan fingerprint density at radius 1 is 1.38 bits per heavy atom. The molecule has 3 nitrogen and oxygen atoms in total. The van der Waals surface area contributed by atoms with Crippen LogP contribution < -0.4 is 10.5 Å². The van der Waals surface area contributed by atoms with Crippen molar-refractivity contribution in [2.45, 2.75) is 12.5 Å². The number of nitrogens with two attached hydrogens (primary N) is 1. The highest BCUT2D eigenvalue weighted by molar-refractivity contribution is 7.99. The Morgan fingerprint density at radius 3 is 2.62 bits per heavy atom. The van der Waals surface area contributed by atoms with Gasteiger partial charge in [0.2, 0.25) is 0 Å². The van der Waals surface area contributed by atoms with Crippen LogP contribution in [0.5, 0.6) is 5.75 Å².